The second-order valence-electron chi connectivity index (χ2n) is 2.47. The number of alkyl halides is 3. The van der Waals surface area contributed by atoms with Gasteiger partial charge in [0.1, 0.15) is 0 Å². The summed E-state index contributed by atoms with van der Waals surface area (Å²) in [5.74, 6) is 0. The van der Waals surface area contributed by atoms with E-state index in [0.717, 1.165) is 18.2 Å². The molecule has 0 spiro atoms. The van der Waals surface area contributed by atoms with Crippen molar-refractivity contribution in [1.82, 2.24) is 0 Å². The Labute approximate surface area is 91.5 Å². The summed E-state index contributed by atoms with van der Waals surface area (Å²) in [6.45, 7) is 0. The maximum Gasteiger partial charge on any atom is 0.417 e. The van der Waals surface area contributed by atoms with Gasteiger partial charge in [-0.3, -0.25) is 5.43 Å². The molecule has 0 aliphatic rings. The first kappa shape index (κ1) is 12.0. The first-order chi connectivity index (χ1) is 6.95. The fraction of sp³-hybridized carbons (Fsp3) is 0.143. The van der Waals surface area contributed by atoms with Gasteiger partial charge in [0.05, 0.1) is 16.3 Å². The van der Waals surface area contributed by atoms with Crippen molar-refractivity contribution < 1.29 is 17.4 Å². The minimum absolute atomic E-state index is 0.0894. The van der Waals surface area contributed by atoms with E-state index in [9.17, 15) is 17.4 Å². The molecule has 8 heteroatoms. The van der Waals surface area contributed by atoms with Crippen molar-refractivity contribution in [3.63, 3.8) is 0 Å². The van der Waals surface area contributed by atoms with Crippen molar-refractivity contribution in [2.24, 2.45) is 4.47 Å². The standard InChI is InChI=1S/C7H4ClF3N2OS/c8-6-3-4(12-13-15-14)1-2-5(6)7(9,10)11/h1-3,12H. The van der Waals surface area contributed by atoms with E-state index in [1.165, 1.54) is 0 Å². The lowest BCUT2D eigenvalue weighted by Crippen LogP contribution is -2.05. The maximum atomic E-state index is 12.3. The lowest BCUT2D eigenvalue weighted by molar-refractivity contribution is -0.137. The van der Waals surface area contributed by atoms with Crippen molar-refractivity contribution in [1.29, 1.82) is 0 Å². The summed E-state index contributed by atoms with van der Waals surface area (Å²) in [7, 11) is 0. The number of benzene rings is 1. The molecule has 0 heterocycles. The van der Waals surface area contributed by atoms with Gasteiger partial charge in [-0.15, -0.1) is 0 Å². The van der Waals surface area contributed by atoms with Crippen LogP contribution in [-0.2, 0) is 17.6 Å². The van der Waals surface area contributed by atoms with Crippen LogP contribution in [0.5, 0.6) is 0 Å². The average molecular weight is 257 g/mol. The number of halogens is 4. The Morgan fingerprint density at radius 1 is 1.40 bits per heavy atom. The molecule has 1 aromatic carbocycles. The summed E-state index contributed by atoms with van der Waals surface area (Å²) in [5.41, 5.74) is 1.53. The van der Waals surface area contributed by atoms with Crippen LogP contribution in [0.15, 0.2) is 22.7 Å². The summed E-state index contributed by atoms with van der Waals surface area (Å²) in [5, 5.41) is -0.446. The highest BCUT2D eigenvalue weighted by Gasteiger charge is 2.32. The number of nitrogens with zero attached hydrogens (tertiary/aromatic N) is 1. The third kappa shape index (κ3) is 3.21. The summed E-state index contributed by atoms with van der Waals surface area (Å²) < 4.78 is 49.8. The predicted octanol–water partition coefficient (Wildman–Crippen LogP) is 3.08. The van der Waals surface area contributed by atoms with Gasteiger partial charge < -0.3 is 0 Å². The van der Waals surface area contributed by atoms with E-state index in [4.69, 9.17) is 11.6 Å². The SMILES string of the molecule is O=S=NNc1ccc(C(F)(F)F)c(Cl)c1. The Balaban J connectivity index is 3.03. The Bertz CT molecular complexity index is 417. The first-order valence-corrected chi connectivity index (χ1v) is 4.64. The molecule has 0 bridgehead atoms. The van der Waals surface area contributed by atoms with Gasteiger partial charge in [0.15, 0.2) is 0 Å². The van der Waals surface area contributed by atoms with Crippen molar-refractivity contribution >= 4 is 28.8 Å². The van der Waals surface area contributed by atoms with E-state index in [1.807, 2.05) is 0 Å². The molecule has 0 amide bonds. The first-order valence-electron chi connectivity index (χ1n) is 3.57. The van der Waals surface area contributed by atoms with Gasteiger partial charge >= 0.3 is 6.18 Å². The molecule has 3 nitrogen and oxygen atoms in total. The molecule has 0 fully saturated rings. The number of anilines is 1. The van der Waals surface area contributed by atoms with Crippen LogP contribution < -0.4 is 5.43 Å². The zero-order valence-corrected chi connectivity index (χ0v) is 8.58. The summed E-state index contributed by atoms with van der Waals surface area (Å²) in [6.07, 6.45) is -4.49. The molecule has 0 radical (unpaired) electrons. The van der Waals surface area contributed by atoms with E-state index < -0.39 is 16.8 Å². The van der Waals surface area contributed by atoms with Gasteiger partial charge in [0.25, 0.3) is 0 Å². The van der Waals surface area contributed by atoms with Gasteiger partial charge in [-0.25, -0.2) is 0 Å². The molecule has 0 saturated carbocycles. The number of hydrogen-bond donors (Lipinski definition) is 1. The third-order valence-electron chi connectivity index (χ3n) is 1.49. The Kier molecular flexibility index (Phi) is 3.70. The molecule has 0 unspecified atom stereocenters. The van der Waals surface area contributed by atoms with Crippen molar-refractivity contribution in [2.75, 3.05) is 5.43 Å². The smallest absolute Gasteiger partial charge is 0.265 e. The molecule has 1 N–H and O–H groups in total. The summed E-state index contributed by atoms with van der Waals surface area (Å²) >= 11 is 5.32. The van der Waals surface area contributed by atoms with E-state index in [-0.39, 0.29) is 17.2 Å². The molecule has 0 aromatic heterocycles. The number of rotatable bonds is 2. The molecular formula is C7H4ClF3N2OS. The van der Waals surface area contributed by atoms with E-state index in [1.54, 1.807) is 0 Å². The monoisotopic (exact) mass is 256 g/mol. The van der Waals surface area contributed by atoms with Crippen LogP contribution in [0.25, 0.3) is 0 Å². The van der Waals surface area contributed by atoms with E-state index in [0.29, 0.717) is 0 Å². The molecule has 0 aliphatic heterocycles. The normalized spacial score (nSPS) is 10.9. The van der Waals surface area contributed by atoms with E-state index in [2.05, 4.69) is 9.90 Å². The van der Waals surface area contributed by atoms with Crippen LogP contribution in [0.3, 0.4) is 0 Å². The van der Waals surface area contributed by atoms with Crippen LogP contribution in [0.1, 0.15) is 5.56 Å². The van der Waals surface area contributed by atoms with Gasteiger partial charge in [-0.1, -0.05) is 16.1 Å². The van der Waals surface area contributed by atoms with Crippen LogP contribution in [0, 0.1) is 0 Å². The quantitative estimate of drug-likeness (QED) is 0.826. The average Bonchev–Trinajstić information content (AvgIpc) is 2.12. The van der Waals surface area contributed by atoms with Crippen molar-refractivity contribution in [2.45, 2.75) is 6.18 Å². The molecule has 0 saturated heterocycles. The fourth-order valence-electron chi connectivity index (χ4n) is 0.886. The Morgan fingerprint density at radius 2 is 2.07 bits per heavy atom. The lowest BCUT2D eigenvalue weighted by Gasteiger charge is -2.09. The number of nitrogens with one attached hydrogen (secondary N) is 1. The zero-order chi connectivity index (χ0) is 11.5. The maximum absolute atomic E-state index is 12.3. The van der Waals surface area contributed by atoms with Crippen LogP contribution in [0.4, 0.5) is 18.9 Å². The molecule has 1 rings (SSSR count). The molecule has 0 atom stereocenters. The molecule has 0 aliphatic carbocycles. The minimum Gasteiger partial charge on any atom is -0.265 e. The molecule has 82 valence electrons. The highest BCUT2D eigenvalue weighted by atomic mass is 35.5. The second kappa shape index (κ2) is 4.63. The van der Waals surface area contributed by atoms with Crippen LogP contribution >= 0.6 is 11.6 Å². The number of hydrogen-bond acceptors (Lipinski definition) is 2. The van der Waals surface area contributed by atoms with Crippen molar-refractivity contribution in [3.05, 3.63) is 28.8 Å². The Morgan fingerprint density at radius 3 is 2.53 bits per heavy atom. The highest BCUT2D eigenvalue weighted by molar-refractivity contribution is 7.54. The van der Waals surface area contributed by atoms with Gasteiger partial charge in [-0.05, 0) is 18.2 Å². The summed E-state index contributed by atoms with van der Waals surface area (Å²) in [6, 6.07) is 2.99. The van der Waals surface area contributed by atoms with Gasteiger partial charge in [0, 0.05) is 0 Å². The van der Waals surface area contributed by atoms with Gasteiger partial charge in [-0.2, -0.15) is 17.4 Å². The third-order valence-corrected chi connectivity index (χ3v) is 1.97. The molecular weight excluding hydrogens is 253 g/mol. The highest BCUT2D eigenvalue weighted by Crippen LogP contribution is 2.35. The second-order valence-corrected chi connectivity index (χ2v) is 3.21. The summed E-state index contributed by atoms with van der Waals surface area (Å²) in [4.78, 5) is 0. The zero-order valence-electron chi connectivity index (χ0n) is 7.01. The lowest BCUT2D eigenvalue weighted by atomic mass is 10.2. The van der Waals surface area contributed by atoms with Crippen molar-refractivity contribution in [3.8, 4) is 0 Å². The fourth-order valence-corrected chi connectivity index (χ4v) is 1.32. The largest absolute Gasteiger partial charge is 0.417 e. The van der Waals surface area contributed by atoms with Gasteiger partial charge in [0.2, 0.25) is 11.5 Å². The Hall–Kier alpha value is -1.08. The predicted molar refractivity (Wildman–Crippen MR) is 50.6 cm³/mol. The minimum atomic E-state index is -4.49. The van der Waals surface area contributed by atoms with Crippen LogP contribution in [-0.4, -0.2) is 4.21 Å². The molecule has 15 heavy (non-hydrogen) atoms. The molecule has 1 aromatic rings. The van der Waals surface area contributed by atoms with Crippen LogP contribution in [0.2, 0.25) is 5.02 Å². The van der Waals surface area contributed by atoms with E-state index >= 15 is 0 Å². The topological polar surface area (TPSA) is 41.5 Å².